The quantitative estimate of drug-likeness (QED) is 0.535. The molecule has 0 aromatic carbocycles. The lowest BCUT2D eigenvalue weighted by Gasteiger charge is -1.86. The Morgan fingerprint density at radius 3 is 2.75 bits per heavy atom. The first kappa shape index (κ1) is 5.22. The van der Waals surface area contributed by atoms with Gasteiger partial charge in [0.2, 0.25) is 0 Å². The second kappa shape index (κ2) is 2.40. The van der Waals surface area contributed by atoms with E-state index in [9.17, 15) is 4.39 Å². The molecular weight excluding hydrogens is 105 g/mol. The number of alkyl halides is 1. The molecule has 0 N–H and O–H groups in total. The van der Waals surface area contributed by atoms with Crippen molar-refractivity contribution in [3.05, 3.63) is 30.1 Å². The third kappa shape index (κ3) is 1.03. The van der Waals surface area contributed by atoms with Crippen LogP contribution >= 0.6 is 0 Å². The Kier molecular flexibility index (Phi) is 1.57. The van der Waals surface area contributed by atoms with Gasteiger partial charge in [-0.1, -0.05) is 6.07 Å². The molecule has 0 fully saturated rings. The molecule has 8 heavy (non-hydrogen) atoms. The summed E-state index contributed by atoms with van der Waals surface area (Å²) in [5.74, 6) is 0. The number of rotatable bonds is 1. The van der Waals surface area contributed by atoms with Gasteiger partial charge in [-0.3, -0.25) is 4.98 Å². The molecule has 42 valence electrons. The SMILES string of the molecule is FCc1ccccn1. The fraction of sp³-hybridized carbons (Fsp3) is 0.167. The average Bonchev–Trinajstić information content (AvgIpc) is 1.90. The number of aromatic nitrogens is 1. The Hall–Kier alpha value is -0.920. The van der Waals surface area contributed by atoms with E-state index in [0.29, 0.717) is 5.69 Å². The maximum atomic E-state index is 11.7. The Morgan fingerprint density at radius 2 is 2.38 bits per heavy atom. The summed E-state index contributed by atoms with van der Waals surface area (Å²) in [5, 5.41) is 0. The summed E-state index contributed by atoms with van der Waals surface area (Å²) >= 11 is 0. The summed E-state index contributed by atoms with van der Waals surface area (Å²) in [4.78, 5) is 3.72. The van der Waals surface area contributed by atoms with Crippen LogP contribution in [0.25, 0.3) is 0 Å². The van der Waals surface area contributed by atoms with Gasteiger partial charge in [0.15, 0.2) is 0 Å². The van der Waals surface area contributed by atoms with Crippen LogP contribution in [-0.2, 0) is 6.67 Å². The van der Waals surface area contributed by atoms with Crippen molar-refractivity contribution in [2.24, 2.45) is 0 Å². The lowest BCUT2D eigenvalue weighted by molar-refractivity contribution is 0.476. The molecule has 0 spiro atoms. The summed E-state index contributed by atoms with van der Waals surface area (Å²) in [6.45, 7) is -0.471. The van der Waals surface area contributed by atoms with Gasteiger partial charge in [0, 0.05) is 6.20 Å². The minimum absolute atomic E-state index is 0.471. The van der Waals surface area contributed by atoms with E-state index in [1.165, 1.54) is 0 Å². The van der Waals surface area contributed by atoms with Crippen LogP contribution in [0.5, 0.6) is 0 Å². The van der Waals surface area contributed by atoms with E-state index in [4.69, 9.17) is 0 Å². The summed E-state index contributed by atoms with van der Waals surface area (Å²) in [6, 6.07) is 5.18. The van der Waals surface area contributed by atoms with Crippen molar-refractivity contribution in [3.63, 3.8) is 0 Å². The van der Waals surface area contributed by atoms with Gasteiger partial charge in [0.25, 0.3) is 0 Å². The summed E-state index contributed by atoms with van der Waals surface area (Å²) < 4.78 is 11.7. The van der Waals surface area contributed by atoms with Crippen molar-refractivity contribution in [2.75, 3.05) is 0 Å². The molecule has 0 aliphatic rings. The molecule has 1 rings (SSSR count). The molecule has 0 unspecified atom stereocenters. The van der Waals surface area contributed by atoms with Gasteiger partial charge in [-0.2, -0.15) is 0 Å². The van der Waals surface area contributed by atoms with E-state index >= 15 is 0 Å². The molecule has 0 amide bonds. The lowest BCUT2D eigenvalue weighted by Crippen LogP contribution is -1.80. The van der Waals surface area contributed by atoms with Gasteiger partial charge in [-0.05, 0) is 12.1 Å². The monoisotopic (exact) mass is 111 g/mol. The van der Waals surface area contributed by atoms with Crippen molar-refractivity contribution in [3.8, 4) is 0 Å². The highest BCUT2D eigenvalue weighted by molar-refractivity contribution is 5.01. The molecule has 0 aliphatic carbocycles. The standard InChI is InChI=1S/C6H6FN/c7-5-6-3-1-2-4-8-6/h1-4H,5H2. The van der Waals surface area contributed by atoms with E-state index in [1.807, 2.05) is 0 Å². The van der Waals surface area contributed by atoms with E-state index in [2.05, 4.69) is 4.98 Å². The molecular formula is C6H6FN. The predicted molar refractivity (Wildman–Crippen MR) is 29.0 cm³/mol. The van der Waals surface area contributed by atoms with Crippen LogP contribution < -0.4 is 0 Å². The van der Waals surface area contributed by atoms with Crippen LogP contribution in [-0.4, -0.2) is 4.98 Å². The Bertz CT molecular complexity index is 150. The third-order valence-electron chi connectivity index (χ3n) is 0.863. The smallest absolute Gasteiger partial charge is 0.131 e. The molecule has 2 heteroatoms. The maximum absolute atomic E-state index is 11.7. The van der Waals surface area contributed by atoms with Crippen LogP contribution in [0.4, 0.5) is 4.39 Å². The zero-order chi connectivity index (χ0) is 5.82. The van der Waals surface area contributed by atoms with Crippen LogP contribution in [0.3, 0.4) is 0 Å². The van der Waals surface area contributed by atoms with E-state index < -0.39 is 6.67 Å². The summed E-state index contributed by atoms with van der Waals surface area (Å²) in [7, 11) is 0. The van der Waals surface area contributed by atoms with Crippen molar-refractivity contribution in [1.82, 2.24) is 4.98 Å². The predicted octanol–water partition coefficient (Wildman–Crippen LogP) is 1.55. The van der Waals surface area contributed by atoms with Crippen LogP contribution in [0, 0.1) is 0 Å². The first-order valence-corrected chi connectivity index (χ1v) is 2.39. The van der Waals surface area contributed by atoms with E-state index in [0.717, 1.165) is 0 Å². The second-order valence-electron chi connectivity index (χ2n) is 1.45. The molecule has 0 saturated heterocycles. The fourth-order valence-electron chi connectivity index (χ4n) is 0.477. The zero-order valence-electron chi connectivity index (χ0n) is 4.34. The normalized spacial score (nSPS) is 9.12. The molecule has 0 saturated carbocycles. The minimum Gasteiger partial charge on any atom is -0.259 e. The van der Waals surface area contributed by atoms with E-state index in [-0.39, 0.29) is 0 Å². The fourth-order valence-corrected chi connectivity index (χ4v) is 0.477. The third-order valence-corrected chi connectivity index (χ3v) is 0.863. The highest BCUT2D eigenvalue weighted by Crippen LogP contribution is 1.93. The average molecular weight is 111 g/mol. The molecule has 1 heterocycles. The number of nitrogens with zero attached hydrogens (tertiary/aromatic N) is 1. The Labute approximate surface area is 47.2 Å². The number of pyridine rings is 1. The summed E-state index contributed by atoms with van der Waals surface area (Å²) in [6.07, 6.45) is 1.58. The lowest BCUT2D eigenvalue weighted by atomic mass is 10.4. The zero-order valence-corrected chi connectivity index (χ0v) is 4.34. The highest BCUT2D eigenvalue weighted by atomic mass is 19.1. The molecule has 1 aromatic rings. The molecule has 0 bridgehead atoms. The second-order valence-corrected chi connectivity index (χ2v) is 1.45. The van der Waals surface area contributed by atoms with Gasteiger partial charge in [0.1, 0.15) is 6.67 Å². The largest absolute Gasteiger partial charge is 0.259 e. The van der Waals surface area contributed by atoms with Crippen LogP contribution in [0.2, 0.25) is 0 Å². The molecule has 1 nitrogen and oxygen atoms in total. The topological polar surface area (TPSA) is 12.9 Å². The molecule has 0 atom stereocenters. The van der Waals surface area contributed by atoms with Crippen molar-refractivity contribution in [2.45, 2.75) is 6.67 Å². The van der Waals surface area contributed by atoms with Crippen molar-refractivity contribution >= 4 is 0 Å². The van der Waals surface area contributed by atoms with Gasteiger partial charge in [-0.15, -0.1) is 0 Å². The van der Waals surface area contributed by atoms with Crippen molar-refractivity contribution < 1.29 is 4.39 Å². The number of hydrogen-bond donors (Lipinski definition) is 0. The van der Waals surface area contributed by atoms with Crippen molar-refractivity contribution in [1.29, 1.82) is 0 Å². The highest BCUT2D eigenvalue weighted by Gasteiger charge is 1.84. The molecule has 0 aliphatic heterocycles. The number of halogens is 1. The maximum Gasteiger partial charge on any atom is 0.131 e. The minimum atomic E-state index is -0.471. The number of hydrogen-bond acceptors (Lipinski definition) is 1. The van der Waals surface area contributed by atoms with Crippen LogP contribution in [0.1, 0.15) is 5.69 Å². The van der Waals surface area contributed by atoms with Crippen LogP contribution in [0.15, 0.2) is 24.4 Å². The Balaban J connectivity index is 2.83. The van der Waals surface area contributed by atoms with Gasteiger partial charge in [0.05, 0.1) is 5.69 Å². The molecule has 1 aromatic heterocycles. The molecule has 0 radical (unpaired) electrons. The first-order valence-electron chi connectivity index (χ1n) is 2.39. The van der Waals surface area contributed by atoms with E-state index in [1.54, 1.807) is 24.4 Å². The van der Waals surface area contributed by atoms with Gasteiger partial charge >= 0.3 is 0 Å². The van der Waals surface area contributed by atoms with Gasteiger partial charge in [-0.25, -0.2) is 4.39 Å². The first-order chi connectivity index (χ1) is 3.93. The van der Waals surface area contributed by atoms with Gasteiger partial charge < -0.3 is 0 Å². The summed E-state index contributed by atoms with van der Waals surface area (Å²) in [5.41, 5.74) is 0.493. The Morgan fingerprint density at radius 1 is 1.50 bits per heavy atom.